The highest BCUT2D eigenvalue weighted by Gasteiger charge is 2.24. The molecular formula is C9H14BrN3OS. The topological polar surface area (TPSA) is 49.2 Å². The van der Waals surface area contributed by atoms with Gasteiger partial charge in [-0.25, -0.2) is 0 Å². The van der Waals surface area contributed by atoms with Crippen LogP contribution in [0.1, 0.15) is 19.8 Å². The highest BCUT2D eigenvalue weighted by molar-refractivity contribution is 9.11. The zero-order valence-electron chi connectivity index (χ0n) is 8.56. The molecule has 0 amide bonds. The van der Waals surface area contributed by atoms with Gasteiger partial charge in [0, 0.05) is 13.1 Å². The van der Waals surface area contributed by atoms with Crippen LogP contribution < -0.4 is 4.90 Å². The molecule has 1 fully saturated rings. The highest BCUT2D eigenvalue weighted by atomic mass is 79.9. The van der Waals surface area contributed by atoms with Gasteiger partial charge in [-0.2, -0.15) is 0 Å². The van der Waals surface area contributed by atoms with E-state index in [9.17, 15) is 5.11 Å². The van der Waals surface area contributed by atoms with Gasteiger partial charge in [0.1, 0.15) is 0 Å². The van der Waals surface area contributed by atoms with E-state index in [-0.39, 0.29) is 6.10 Å². The van der Waals surface area contributed by atoms with Gasteiger partial charge >= 0.3 is 0 Å². The number of piperidine rings is 1. The minimum atomic E-state index is -0.187. The second-order valence-corrected chi connectivity index (χ2v) is 6.13. The minimum Gasteiger partial charge on any atom is -0.393 e. The fraction of sp³-hybridized carbons (Fsp3) is 0.778. The first-order valence-corrected chi connectivity index (χ1v) is 6.70. The molecule has 2 rings (SSSR count). The second kappa shape index (κ2) is 4.76. The molecule has 2 heterocycles. The van der Waals surface area contributed by atoms with Gasteiger partial charge in [0.15, 0.2) is 3.92 Å². The lowest BCUT2D eigenvalue weighted by atomic mass is 9.92. The van der Waals surface area contributed by atoms with Crippen molar-refractivity contribution in [2.24, 2.45) is 5.92 Å². The molecule has 1 atom stereocenters. The number of aromatic nitrogens is 2. The Bertz CT molecular complexity index is 323. The maximum Gasteiger partial charge on any atom is 0.209 e. The molecule has 1 saturated heterocycles. The quantitative estimate of drug-likeness (QED) is 0.904. The number of anilines is 1. The molecule has 1 N–H and O–H groups in total. The number of rotatable bonds is 2. The number of aliphatic hydroxyl groups is 1. The van der Waals surface area contributed by atoms with Crippen molar-refractivity contribution in [1.29, 1.82) is 0 Å². The van der Waals surface area contributed by atoms with Crippen molar-refractivity contribution >= 4 is 32.4 Å². The minimum absolute atomic E-state index is 0.187. The Morgan fingerprint density at radius 3 is 2.60 bits per heavy atom. The zero-order chi connectivity index (χ0) is 10.8. The maximum absolute atomic E-state index is 9.49. The van der Waals surface area contributed by atoms with Crippen LogP contribution in [0, 0.1) is 5.92 Å². The molecule has 15 heavy (non-hydrogen) atoms. The van der Waals surface area contributed by atoms with Crippen LogP contribution in [0.5, 0.6) is 0 Å². The summed E-state index contributed by atoms with van der Waals surface area (Å²) in [5.41, 5.74) is 0. The van der Waals surface area contributed by atoms with Crippen molar-refractivity contribution < 1.29 is 5.11 Å². The molecule has 0 bridgehead atoms. The van der Waals surface area contributed by atoms with Gasteiger partial charge in [0.25, 0.3) is 0 Å². The lowest BCUT2D eigenvalue weighted by molar-refractivity contribution is 0.110. The molecule has 0 aromatic carbocycles. The van der Waals surface area contributed by atoms with Crippen LogP contribution in [0.2, 0.25) is 0 Å². The fourth-order valence-electron chi connectivity index (χ4n) is 1.90. The first kappa shape index (κ1) is 11.3. The van der Waals surface area contributed by atoms with E-state index in [0.717, 1.165) is 35.0 Å². The third kappa shape index (κ3) is 2.68. The van der Waals surface area contributed by atoms with Gasteiger partial charge in [-0.15, -0.1) is 10.2 Å². The molecule has 4 nitrogen and oxygen atoms in total. The van der Waals surface area contributed by atoms with Crippen molar-refractivity contribution in [2.75, 3.05) is 18.0 Å². The summed E-state index contributed by atoms with van der Waals surface area (Å²) in [5, 5.41) is 18.5. The number of hydrogen-bond donors (Lipinski definition) is 1. The summed E-state index contributed by atoms with van der Waals surface area (Å²) in [4.78, 5) is 2.24. The second-order valence-electron chi connectivity index (χ2n) is 3.90. The van der Waals surface area contributed by atoms with E-state index in [1.807, 2.05) is 6.92 Å². The van der Waals surface area contributed by atoms with E-state index in [2.05, 4.69) is 31.0 Å². The standard InChI is InChI=1S/C9H14BrN3OS/c1-6(14)7-2-4-13(5-3-7)9-12-11-8(10)15-9/h6-7,14H,2-5H2,1H3. The van der Waals surface area contributed by atoms with Crippen molar-refractivity contribution in [3.05, 3.63) is 3.92 Å². The Balaban J connectivity index is 1.93. The molecule has 1 aromatic heterocycles. The maximum atomic E-state index is 9.49. The largest absolute Gasteiger partial charge is 0.393 e. The van der Waals surface area contributed by atoms with Gasteiger partial charge in [-0.1, -0.05) is 11.3 Å². The number of halogens is 1. The fourth-order valence-corrected chi connectivity index (χ4v) is 3.04. The Hall–Kier alpha value is -0.200. The van der Waals surface area contributed by atoms with Crippen LogP contribution in [0.3, 0.4) is 0 Å². The molecule has 0 saturated carbocycles. The molecule has 1 aromatic rings. The summed E-state index contributed by atoms with van der Waals surface area (Å²) in [6, 6.07) is 0. The predicted octanol–water partition coefficient (Wildman–Crippen LogP) is 1.90. The van der Waals surface area contributed by atoms with Crippen molar-refractivity contribution in [3.63, 3.8) is 0 Å². The van der Waals surface area contributed by atoms with E-state index in [0.29, 0.717) is 5.92 Å². The third-order valence-electron chi connectivity index (χ3n) is 2.88. The molecule has 1 unspecified atom stereocenters. The lowest BCUT2D eigenvalue weighted by Gasteiger charge is -2.32. The molecule has 1 aliphatic heterocycles. The summed E-state index contributed by atoms with van der Waals surface area (Å²) in [7, 11) is 0. The average Bonchev–Trinajstić information content (AvgIpc) is 2.65. The zero-order valence-corrected chi connectivity index (χ0v) is 11.0. The Kier molecular flexibility index (Phi) is 3.58. The summed E-state index contributed by atoms with van der Waals surface area (Å²) in [5.74, 6) is 0.442. The van der Waals surface area contributed by atoms with Crippen LogP contribution in [0.15, 0.2) is 3.92 Å². The molecule has 6 heteroatoms. The van der Waals surface area contributed by atoms with Gasteiger partial charge in [0.05, 0.1) is 6.10 Å². The number of nitrogens with zero attached hydrogens (tertiary/aromatic N) is 3. The summed E-state index contributed by atoms with van der Waals surface area (Å²) in [6.07, 6.45) is 1.89. The Morgan fingerprint density at radius 2 is 2.13 bits per heavy atom. The lowest BCUT2D eigenvalue weighted by Crippen LogP contribution is -2.36. The molecule has 84 valence electrons. The van der Waals surface area contributed by atoms with E-state index < -0.39 is 0 Å². The van der Waals surface area contributed by atoms with Crippen LogP contribution >= 0.6 is 27.3 Å². The number of aliphatic hydroxyl groups excluding tert-OH is 1. The summed E-state index contributed by atoms with van der Waals surface area (Å²) in [6.45, 7) is 3.82. The molecular weight excluding hydrogens is 278 g/mol. The van der Waals surface area contributed by atoms with Crippen LogP contribution in [-0.2, 0) is 0 Å². The molecule has 0 aliphatic carbocycles. The van der Waals surface area contributed by atoms with Crippen LogP contribution in [0.25, 0.3) is 0 Å². The van der Waals surface area contributed by atoms with E-state index in [1.54, 1.807) is 11.3 Å². The van der Waals surface area contributed by atoms with Crippen molar-refractivity contribution in [1.82, 2.24) is 10.2 Å². The van der Waals surface area contributed by atoms with Gasteiger partial charge in [-0.05, 0) is 41.6 Å². The monoisotopic (exact) mass is 291 g/mol. The summed E-state index contributed by atoms with van der Waals surface area (Å²) < 4.78 is 0.829. The predicted molar refractivity (Wildman–Crippen MR) is 64.2 cm³/mol. The van der Waals surface area contributed by atoms with Gasteiger partial charge in [-0.3, -0.25) is 0 Å². The first-order chi connectivity index (χ1) is 7.16. The average molecular weight is 292 g/mol. The van der Waals surface area contributed by atoms with Crippen molar-refractivity contribution in [2.45, 2.75) is 25.9 Å². The van der Waals surface area contributed by atoms with Crippen LogP contribution in [0.4, 0.5) is 5.13 Å². The molecule has 1 aliphatic rings. The first-order valence-electron chi connectivity index (χ1n) is 5.09. The summed E-state index contributed by atoms with van der Waals surface area (Å²) >= 11 is 4.87. The Morgan fingerprint density at radius 1 is 1.47 bits per heavy atom. The number of hydrogen-bond acceptors (Lipinski definition) is 5. The highest BCUT2D eigenvalue weighted by Crippen LogP contribution is 2.29. The van der Waals surface area contributed by atoms with E-state index in [1.165, 1.54) is 0 Å². The smallest absolute Gasteiger partial charge is 0.209 e. The van der Waals surface area contributed by atoms with Gasteiger partial charge in [0.2, 0.25) is 5.13 Å². The van der Waals surface area contributed by atoms with E-state index in [4.69, 9.17) is 0 Å². The molecule has 0 spiro atoms. The normalized spacial score (nSPS) is 20.6. The third-order valence-corrected chi connectivity index (χ3v) is 4.30. The SMILES string of the molecule is CC(O)C1CCN(c2nnc(Br)s2)CC1. The Labute approximate surface area is 101 Å². The molecule has 0 radical (unpaired) electrons. The van der Waals surface area contributed by atoms with E-state index >= 15 is 0 Å². The van der Waals surface area contributed by atoms with Crippen molar-refractivity contribution in [3.8, 4) is 0 Å². The van der Waals surface area contributed by atoms with Crippen LogP contribution in [-0.4, -0.2) is 34.5 Å². The van der Waals surface area contributed by atoms with Gasteiger partial charge < -0.3 is 10.0 Å².